The van der Waals surface area contributed by atoms with E-state index in [1.54, 1.807) is 6.26 Å². The SMILES string of the molecule is Cc1ccc(C2CC(NCCc3ccco3)C2)cc1. The summed E-state index contributed by atoms with van der Waals surface area (Å²) in [4.78, 5) is 0. The van der Waals surface area contributed by atoms with Crippen molar-refractivity contribution in [3.05, 3.63) is 59.5 Å². The van der Waals surface area contributed by atoms with E-state index in [2.05, 4.69) is 36.5 Å². The predicted octanol–water partition coefficient (Wildman–Crippen LogP) is 3.67. The van der Waals surface area contributed by atoms with Crippen molar-refractivity contribution in [1.29, 1.82) is 0 Å². The van der Waals surface area contributed by atoms with Crippen LogP contribution in [0.2, 0.25) is 0 Å². The molecule has 1 aliphatic carbocycles. The van der Waals surface area contributed by atoms with Gasteiger partial charge in [0.05, 0.1) is 6.26 Å². The van der Waals surface area contributed by atoms with Gasteiger partial charge in [0.1, 0.15) is 5.76 Å². The highest BCUT2D eigenvalue weighted by Gasteiger charge is 2.29. The molecule has 2 heteroatoms. The van der Waals surface area contributed by atoms with Gasteiger partial charge in [-0.2, -0.15) is 0 Å². The second-order valence-corrected chi connectivity index (χ2v) is 5.56. The molecule has 0 bridgehead atoms. The molecule has 0 amide bonds. The van der Waals surface area contributed by atoms with Crippen LogP contribution in [0, 0.1) is 6.92 Å². The van der Waals surface area contributed by atoms with Gasteiger partial charge in [-0.1, -0.05) is 29.8 Å². The summed E-state index contributed by atoms with van der Waals surface area (Å²) in [5.74, 6) is 1.82. The molecule has 0 spiro atoms. The van der Waals surface area contributed by atoms with E-state index in [1.165, 1.54) is 24.0 Å². The lowest BCUT2D eigenvalue weighted by Gasteiger charge is -2.36. The van der Waals surface area contributed by atoms with Crippen molar-refractivity contribution in [1.82, 2.24) is 5.32 Å². The molecule has 2 nitrogen and oxygen atoms in total. The second kappa shape index (κ2) is 5.62. The first kappa shape index (κ1) is 12.5. The Labute approximate surface area is 114 Å². The van der Waals surface area contributed by atoms with Crippen molar-refractivity contribution in [2.24, 2.45) is 0 Å². The van der Waals surface area contributed by atoms with Gasteiger partial charge in [-0.05, 0) is 43.4 Å². The molecule has 0 saturated heterocycles. The van der Waals surface area contributed by atoms with Gasteiger partial charge in [0.25, 0.3) is 0 Å². The quantitative estimate of drug-likeness (QED) is 0.882. The highest BCUT2D eigenvalue weighted by atomic mass is 16.3. The molecule has 1 aromatic heterocycles. The molecule has 1 aromatic carbocycles. The van der Waals surface area contributed by atoms with Gasteiger partial charge in [-0.3, -0.25) is 0 Å². The predicted molar refractivity (Wildman–Crippen MR) is 77.4 cm³/mol. The first-order valence-corrected chi connectivity index (χ1v) is 7.13. The Hall–Kier alpha value is -1.54. The molecule has 1 fully saturated rings. The van der Waals surface area contributed by atoms with Crippen molar-refractivity contribution in [2.75, 3.05) is 6.54 Å². The molecule has 1 N–H and O–H groups in total. The van der Waals surface area contributed by atoms with Gasteiger partial charge >= 0.3 is 0 Å². The Morgan fingerprint density at radius 1 is 1.16 bits per heavy atom. The summed E-state index contributed by atoms with van der Waals surface area (Å²) in [5.41, 5.74) is 2.84. The fourth-order valence-corrected chi connectivity index (χ4v) is 2.75. The fourth-order valence-electron chi connectivity index (χ4n) is 2.75. The van der Waals surface area contributed by atoms with Crippen LogP contribution in [0.3, 0.4) is 0 Å². The van der Waals surface area contributed by atoms with Crippen molar-refractivity contribution in [3.8, 4) is 0 Å². The van der Waals surface area contributed by atoms with Crippen molar-refractivity contribution in [3.63, 3.8) is 0 Å². The monoisotopic (exact) mass is 255 g/mol. The largest absolute Gasteiger partial charge is 0.469 e. The smallest absolute Gasteiger partial charge is 0.105 e. The Bertz CT molecular complexity index is 495. The normalized spacial score (nSPS) is 22.2. The van der Waals surface area contributed by atoms with E-state index in [1.807, 2.05) is 12.1 Å². The van der Waals surface area contributed by atoms with Gasteiger partial charge in [-0.25, -0.2) is 0 Å². The van der Waals surface area contributed by atoms with Crippen molar-refractivity contribution in [2.45, 2.75) is 38.1 Å². The summed E-state index contributed by atoms with van der Waals surface area (Å²) in [7, 11) is 0. The van der Waals surface area contributed by atoms with E-state index in [0.29, 0.717) is 6.04 Å². The van der Waals surface area contributed by atoms with Crippen LogP contribution in [0.25, 0.3) is 0 Å². The second-order valence-electron chi connectivity index (χ2n) is 5.56. The molecule has 1 saturated carbocycles. The maximum Gasteiger partial charge on any atom is 0.105 e. The Morgan fingerprint density at radius 3 is 2.63 bits per heavy atom. The minimum absolute atomic E-state index is 0.682. The maximum absolute atomic E-state index is 5.33. The summed E-state index contributed by atoms with van der Waals surface area (Å²) in [6.45, 7) is 3.16. The number of nitrogens with one attached hydrogen (secondary N) is 1. The first-order chi connectivity index (χ1) is 9.31. The number of hydrogen-bond donors (Lipinski definition) is 1. The molecule has 0 aliphatic heterocycles. The Kier molecular flexibility index (Phi) is 3.69. The van der Waals surface area contributed by atoms with Crippen LogP contribution in [0.5, 0.6) is 0 Å². The Balaban J connectivity index is 1.39. The lowest BCUT2D eigenvalue weighted by Crippen LogP contribution is -2.40. The number of aryl methyl sites for hydroxylation is 1. The molecule has 2 aromatic rings. The third kappa shape index (κ3) is 3.07. The van der Waals surface area contributed by atoms with E-state index < -0.39 is 0 Å². The molecule has 19 heavy (non-hydrogen) atoms. The van der Waals surface area contributed by atoms with Crippen LogP contribution in [-0.2, 0) is 6.42 Å². The molecular formula is C17H21NO. The molecule has 100 valence electrons. The third-order valence-corrected chi connectivity index (χ3v) is 4.07. The van der Waals surface area contributed by atoms with E-state index in [-0.39, 0.29) is 0 Å². The van der Waals surface area contributed by atoms with E-state index >= 15 is 0 Å². The summed E-state index contributed by atoms with van der Waals surface area (Å²) in [6.07, 6.45) is 5.26. The third-order valence-electron chi connectivity index (χ3n) is 4.07. The van der Waals surface area contributed by atoms with Crippen LogP contribution < -0.4 is 5.32 Å². The summed E-state index contributed by atoms with van der Waals surface area (Å²) in [6, 6.07) is 13.7. The number of rotatable bonds is 5. The lowest BCUT2D eigenvalue weighted by molar-refractivity contribution is 0.290. The summed E-state index contributed by atoms with van der Waals surface area (Å²) < 4.78 is 5.33. The van der Waals surface area contributed by atoms with Gasteiger partial charge in [0, 0.05) is 19.0 Å². The number of benzene rings is 1. The highest BCUT2D eigenvalue weighted by Crippen LogP contribution is 2.36. The van der Waals surface area contributed by atoms with Gasteiger partial charge < -0.3 is 9.73 Å². The van der Waals surface area contributed by atoms with Crippen LogP contribution in [-0.4, -0.2) is 12.6 Å². The van der Waals surface area contributed by atoms with Crippen LogP contribution in [0.4, 0.5) is 0 Å². The number of hydrogen-bond acceptors (Lipinski definition) is 2. The van der Waals surface area contributed by atoms with Crippen molar-refractivity contribution >= 4 is 0 Å². The van der Waals surface area contributed by atoms with Crippen LogP contribution in [0.1, 0.15) is 35.6 Å². The average Bonchev–Trinajstić information content (AvgIpc) is 2.87. The molecule has 0 atom stereocenters. The maximum atomic E-state index is 5.33. The van der Waals surface area contributed by atoms with E-state index in [9.17, 15) is 0 Å². The minimum Gasteiger partial charge on any atom is -0.469 e. The molecule has 1 aliphatic rings. The first-order valence-electron chi connectivity index (χ1n) is 7.13. The average molecular weight is 255 g/mol. The fraction of sp³-hybridized carbons (Fsp3) is 0.412. The zero-order chi connectivity index (χ0) is 13.1. The molecule has 0 radical (unpaired) electrons. The Morgan fingerprint density at radius 2 is 1.95 bits per heavy atom. The summed E-state index contributed by atoms with van der Waals surface area (Å²) >= 11 is 0. The molecule has 0 unspecified atom stereocenters. The topological polar surface area (TPSA) is 25.2 Å². The molecular weight excluding hydrogens is 234 g/mol. The van der Waals surface area contributed by atoms with Crippen molar-refractivity contribution < 1.29 is 4.42 Å². The van der Waals surface area contributed by atoms with Crippen LogP contribution >= 0.6 is 0 Å². The van der Waals surface area contributed by atoms with Crippen LogP contribution in [0.15, 0.2) is 47.1 Å². The number of furan rings is 1. The summed E-state index contributed by atoms with van der Waals surface area (Å²) in [5, 5.41) is 3.61. The van der Waals surface area contributed by atoms with E-state index in [4.69, 9.17) is 4.42 Å². The minimum atomic E-state index is 0.682. The standard InChI is InChI=1S/C17H21NO/c1-13-4-6-14(7-5-13)15-11-16(12-15)18-9-8-17-3-2-10-19-17/h2-7,10,15-16,18H,8-9,11-12H2,1H3. The lowest BCUT2D eigenvalue weighted by atomic mass is 9.76. The molecule has 1 heterocycles. The highest BCUT2D eigenvalue weighted by molar-refractivity contribution is 5.26. The molecule has 3 rings (SSSR count). The zero-order valence-electron chi connectivity index (χ0n) is 11.4. The van der Waals surface area contributed by atoms with Gasteiger partial charge in [-0.15, -0.1) is 0 Å². The zero-order valence-corrected chi connectivity index (χ0v) is 11.4. The van der Waals surface area contributed by atoms with Gasteiger partial charge in [0.2, 0.25) is 0 Å². The van der Waals surface area contributed by atoms with E-state index in [0.717, 1.165) is 24.6 Å². The van der Waals surface area contributed by atoms with Gasteiger partial charge in [0.15, 0.2) is 0 Å².